The summed E-state index contributed by atoms with van der Waals surface area (Å²) in [6.45, 7) is 1.86. The lowest BCUT2D eigenvalue weighted by Gasteiger charge is -2.25. The van der Waals surface area contributed by atoms with E-state index in [0.29, 0.717) is 11.1 Å². The molecule has 0 unspecified atom stereocenters. The van der Waals surface area contributed by atoms with Crippen molar-refractivity contribution in [3.63, 3.8) is 0 Å². The van der Waals surface area contributed by atoms with Gasteiger partial charge < -0.3 is 10.2 Å². The number of carbonyl (C=O) groups is 3. The second-order valence-corrected chi connectivity index (χ2v) is 7.74. The Bertz CT molecular complexity index is 1360. The van der Waals surface area contributed by atoms with Crippen molar-refractivity contribution in [2.24, 2.45) is 0 Å². The van der Waals surface area contributed by atoms with Gasteiger partial charge in [0, 0.05) is 23.4 Å². The van der Waals surface area contributed by atoms with E-state index in [1.807, 2.05) is 6.92 Å². The highest BCUT2D eigenvalue weighted by Gasteiger charge is 2.47. The number of carboxylic acid groups (broad SMARTS) is 1. The number of ketones is 1. The van der Waals surface area contributed by atoms with Crippen LogP contribution in [-0.2, 0) is 9.59 Å². The normalized spacial score (nSPS) is 17.1. The van der Waals surface area contributed by atoms with Crippen LogP contribution in [0.1, 0.15) is 33.1 Å². The van der Waals surface area contributed by atoms with E-state index in [2.05, 4.69) is 0 Å². The molecule has 3 aromatic rings. The highest BCUT2D eigenvalue weighted by Crippen LogP contribution is 2.42. The third kappa shape index (κ3) is 3.90. The van der Waals surface area contributed by atoms with Crippen LogP contribution >= 0.6 is 0 Å². The summed E-state index contributed by atoms with van der Waals surface area (Å²) in [6.07, 6.45) is 0. The van der Waals surface area contributed by atoms with Gasteiger partial charge in [0.15, 0.2) is 0 Å². The van der Waals surface area contributed by atoms with E-state index in [0.717, 1.165) is 10.5 Å². The molecule has 1 fully saturated rings. The summed E-state index contributed by atoms with van der Waals surface area (Å²) in [5.41, 5.74) is 1.22. The highest BCUT2D eigenvalue weighted by molar-refractivity contribution is 6.51. The van der Waals surface area contributed by atoms with E-state index in [4.69, 9.17) is 0 Å². The second-order valence-electron chi connectivity index (χ2n) is 7.74. The Morgan fingerprint density at radius 1 is 0.941 bits per heavy atom. The first-order valence-electron chi connectivity index (χ1n) is 10.1. The van der Waals surface area contributed by atoms with E-state index in [9.17, 15) is 34.7 Å². The molecule has 1 aliphatic heterocycles. The fourth-order valence-electron chi connectivity index (χ4n) is 3.85. The number of nitro groups is 1. The van der Waals surface area contributed by atoms with E-state index < -0.39 is 34.4 Å². The summed E-state index contributed by atoms with van der Waals surface area (Å²) in [4.78, 5) is 49.3. The van der Waals surface area contributed by atoms with Gasteiger partial charge in [-0.15, -0.1) is 0 Å². The van der Waals surface area contributed by atoms with Gasteiger partial charge in [0.1, 0.15) is 5.76 Å². The van der Waals surface area contributed by atoms with Gasteiger partial charge in [-0.25, -0.2) is 4.79 Å². The number of aryl methyl sites for hydroxylation is 1. The van der Waals surface area contributed by atoms with Crippen LogP contribution in [0.4, 0.5) is 11.4 Å². The molecular formula is C25H18N2O7. The number of benzene rings is 3. The average molecular weight is 458 g/mol. The van der Waals surface area contributed by atoms with Gasteiger partial charge in [-0.3, -0.25) is 24.6 Å². The first kappa shape index (κ1) is 22.4. The van der Waals surface area contributed by atoms with Crippen LogP contribution in [0.5, 0.6) is 0 Å². The van der Waals surface area contributed by atoms with Crippen molar-refractivity contribution in [3.8, 4) is 0 Å². The maximum absolute atomic E-state index is 13.1. The minimum Gasteiger partial charge on any atom is -0.507 e. The lowest BCUT2D eigenvalue weighted by Crippen LogP contribution is -2.29. The molecule has 34 heavy (non-hydrogen) atoms. The molecule has 0 radical (unpaired) electrons. The molecule has 0 aliphatic carbocycles. The molecular weight excluding hydrogens is 440 g/mol. The largest absolute Gasteiger partial charge is 0.507 e. The number of nitrogens with zero attached hydrogens (tertiary/aromatic N) is 2. The third-order valence-electron chi connectivity index (χ3n) is 5.56. The van der Waals surface area contributed by atoms with Gasteiger partial charge >= 0.3 is 5.97 Å². The number of hydrogen-bond donors (Lipinski definition) is 2. The molecule has 9 heteroatoms. The minimum atomic E-state index is -1.22. The van der Waals surface area contributed by atoms with E-state index >= 15 is 0 Å². The number of Topliss-reactive ketones (excluding diaryl/α,β-unsaturated/α-hetero) is 1. The smallest absolute Gasteiger partial charge is 0.335 e. The number of aliphatic hydroxyl groups is 1. The number of carbonyl (C=O) groups excluding carboxylic acids is 2. The Labute approximate surface area is 193 Å². The number of aromatic carboxylic acids is 1. The molecule has 1 heterocycles. The fraction of sp³-hybridized carbons (Fsp3) is 0.0800. The van der Waals surface area contributed by atoms with Crippen LogP contribution in [0.3, 0.4) is 0 Å². The van der Waals surface area contributed by atoms with Gasteiger partial charge in [0.05, 0.1) is 22.1 Å². The fourth-order valence-corrected chi connectivity index (χ4v) is 3.85. The second kappa shape index (κ2) is 8.62. The van der Waals surface area contributed by atoms with Crippen molar-refractivity contribution in [1.29, 1.82) is 0 Å². The molecule has 9 nitrogen and oxygen atoms in total. The predicted molar refractivity (Wildman–Crippen MR) is 122 cm³/mol. The molecule has 0 saturated carbocycles. The topological polar surface area (TPSA) is 138 Å². The number of amides is 1. The average Bonchev–Trinajstić information content (AvgIpc) is 3.09. The Morgan fingerprint density at radius 3 is 2.18 bits per heavy atom. The lowest BCUT2D eigenvalue weighted by molar-refractivity contribution is -0.384. The number of nitro benzene ring substituents is 1. The van der Waals surface area contributed by atoms with Crippen molar-refractivity contribution in [1.82, 2.24) is 0 Å². The first-order valence-corrected chi connectivity index (χ1v) is 10.1. The van der Waals surface area contributed by atoms with Crippen LogP contribution in [0.2, 0.25) is 0 Å². The Morgan fingerprint density at radius 2 is 1.59 bits per heavy atom. The van der Waals surface area contributed by atoms with Crippen LogP contribution in [0.25, 0.3) is 5.76 Å². The molecule has 1 amide bonds. The highest BCUT2D eigenvalue weighted by atomic mass is 16.6. The van der Waals surface area contributed by atoms with Gasteiger partial charge in [0.25, 0.3) is 17.4 Å². The Kier molecular flexibility index (Phi) is 5.68. The monoisotopic (exact) mass is 458 g/mol. The molecule has 0 aromatic heterocycles. The van der Waals surface area contributed by atoms with Crippen molar-refractivity contribution < 1.29 is 29.5 Å². The Hall–Kier alpha value is -4.79. The van der Waals surface area contributed by atoms with Gasteiger partial charge in [0.2, 0.25) is 0 Å². The van der Waals surface area contributed by atoms with E-state index in [1.165, 1.54) is 48.5 Å². The number of non-ortho nitro benzene ring substituents is 1. The number of carboxylic acids is 1. The number of hydrogen-bond acceptors (Lipinski definition) is 6. The quantitative estimate of drug-likeness (QED) is 0.192. The first-order chi connectivity index (χ1) is 16.2. The molecule has 1 aliphatic rings. The molecule has 1 saturated heterocycles. The Balaban J connectivity index is 1.94. The van der Waals surface area contributed by atoms with Crippen LogP contribution in [0, 0.1) is 17.0 Å². The number of aliphatic hydroxyl groups excluding tert-OH is 1. The van der Waals surface area contributed by atoms with Crippen LogP contribution in [-0.4, -0.2) is 32.8 Å². The molecule has 3 aromatic carbocycles. The molecule has 1 atom stereocenters. The van der Waals surface area contributed by atoms with E-state index in [1.54, 1.807) is 24.3 Å². The lowest BCUT2D eigenvalue weighted by atomic mass is 9.94. The maximum Gasteiger partial charge on any atom is 0.335 e. The summed E-state index contributed by atoms with van der Waals surface area (Å²) in [5.74, 6) is -3.54. The summed E-state index contributed by atoms with van der Waals surface area (Å²) >= 11 is 0. The number of rotatable bonds is 5. The summed E-state index contributed by atoms with van der Waals surface area (Å²) in [5, 5.41) is 31.5. The van der Waals surface area contributed by atoms with Crippen molar-refractivity contribution in [2.75, 3.05) is 4.90 Å². The summed E-state index contributed by atoms with van der Waals surface area (Å²) in [7, 11) is 0. The SMILES string of the molecule is Cc1ccc(C(O)=C2C(=O)C(=O)N(c3cccc(C(=O)O)c3)[C@H]2c2ccc([N+](=O)[O-])cc2)cc1. The minimum absolute atomic E-state index is 0.0969. The van der Waals surface area contributed by atoms with Crippen molar-refractivity contribution in [2.45, 2.75) is 13.0 Å². The van der Waals surface area contributed by atoms with Gasteiger partial charge in [-0.2, -0.15) is 0 Å². The third-order valence-corrected chi connectivity index (χ3v) is 5.56. The van der Waals surface area contributed by atoms with Crippen molar-refractivity contribution >= 4 is 34.8 Å². The maximum atomic E-state index is 13.1. The molecule has 170 valence electrons. The molecule has 0 spiro atoms. The molecule has 0 bridgehead atoms. The van der Waals surface area contributed by atoms with Crippen LogP contribution < -0.4 is 4.90 Å². The predicted octanol–water partition coefficient (Wildman–Crippen LogP) is 4.23. The standard InChI is InChI=1S/C25H18N2O7/c1-14-5-7-16(8-6-14)22(28)20-21(15-9-11-18(12-10-15)27(33)34)26(24(30)23(20)29)19-4-2-3-17(13-19)25(31)32/h2-13,21,28H,1H3,(H,31,32)/t21-/m0/s1. The van der Waals surface area contributed by atoms with Crippen LogP contribution in [0.15, 0.2) is 78.4 Å². The van der Waals surface area contributed by atoms with Gasteiger partial charge in [-0.05, 0) is 42.8 Å². The summed E-state index contributed by atoms with van der Waals surface area (Å²) < 4.78 is 0. The molecule has 4 rings (SSSR count). The van der Waals surface area contributed by atoms with Gasteiger partial charge in [-0.1, -0.05) is 35.9 Å². The zero-order valence-electron chi connectivity index (χ0n) is 17.8. The summed E-state index contributed by atoms with van der Waals surface area (Å²) in [6, 6.07) is 16.3. The van der Waals surface area contributed by atoms with E-state index in [-0.39, 0.29) is 22.5 Å². The zero-order chi connectivity index (χ0) is 24.6. The zero-order valence-corrected chi connectivity index (χ0v) is 17.8. The van der Waals surface area contributed by atoms with Crippen molar-refractivity contribution in [3.05, 3.63) is 111 Å². The number of anilines is 1. The molecule has 2 N–H and O–H groups in total.